The minimum atomic E-state index is -1.28. The zero-order valence-electron chi connectivity index (χ0n) is 39.8. The largest absolute Gasteiger partial charge is 0.394 e. The Hall–Kier alpha value is -0.950. The quantitative estimate of drug-likeness (QED) is 0.0310. The minimum absolute atomic E-state index is 0.368. The van der Waals surface area contributed by atoms with Crippen molar-refractivity contribution in [1.29, 1.82) is 0 Å². The first-order chi connectivity index (χ1) is 29.0. The molecule has 0 saturated heterocycles. The van der Waals surface area contributed by atoms with E-state index < -0.39 is 36.9 Å². The van der Waals surface area contributed by atoms with Crippen molar-refractivity contribution in [3.05, 3.63) is 12.2 Å². The molecule has 0 heterocycles. The molecule has 4 atom stereocenters. The van der Waals surface area contributed by atoms with Gasteiger partial charge in [-0.15, -0.1) is 0 Å². The predicted octanol–water partition coefficient (Wildman–Crippen LogP) is 14.9. The Morgan fingerprint density at radius 1 is 0.407 bits per heavy atom. The van der Waals surface area contributed by atoms with Crippen LogP contribution < -0.4 is 5.32 Å². The number of nitrogens with one attached hydrogen (secondary N) is 1. The second-order valence-corrected chi connectivity index (χ2v) is 18.6. The van der Waals surface area contributed by atoms with E-state index in [1.807, 2.05) is 0 Å². The SMILES string of the molecule is CCCC/C=C/CCCC(O)C(O)C(CO)NC(=O)C(O)CCCCCCCCCCCCCCCCCCCCCCCCCCCCCCCCCCCCCC. The number of rotatable bonds is 49. The molecule has 0 aliphatic carbocycles. The summed E-state index contributed by atoms with van der Waals surface area (Å²) in [5.41, 5.74) is 0. The van der Waals surface area contributed by atoms with Gasteiger partial charge in [-0.25, -0.2) is 0 Å². The maximum absolute atomic E-state index is 12.5. The monoisotopic (exact) mass is 836 g/mol. The molecule has 6 heteroatoms. The zero-order chi connectivity index (χ0) is 43.1. The van der Waals surface area contributed by atoms with Gasteiger partial charge in [0.1, 0.15) is 12.2 Å². The topological polar surface area (TPSA) is 110 Å². The average Bonchev–Trinajstić information content (AvgIpc) is 3.24. The molecule has 5 N–H and O–H groups in total. The fourth-order valence-electron chi connectivity index (χ4n) is 8.51. The summed E-state index contributed by atoms with van der Waals surface area (Å²) in [5.74, 6) is -0.592. The molecule has 4 unspecified atom stereocenters. The second kappa shape index (κ2) is 48.1. The van der Waals surface area contributed by atoms with Crippen molar-refractivity contribution >= 4 is 5.91 Å². The second-order valence-electron chi connectivity index (χ2n) is 18.6. The van der Waals surface area contributed by atoms with E-state index in [4.69, 9.17) is 0 Å². The summed E-state index contributed by atoms with van der Waals surface area (Å²) in [6.07, 6.45) is 56.3. The number of allylic oxidation sites excluding steroid dienone is 2. The predicted molar refractivity (Wildman–Crippen MR) is 256 cm³/mol. The molecule has 6 nitrogen and oxygen atoms in total. The van der Waals surface area contributed by atoms with Crippen LogP contribution in [0.1, 0.15) is 290 Å². The van der Waals surface area contributed by atoms with Gasteiger partial charge in [0.25, 0.3) is 0 Å². The average molecular weight is 836 g/mol. The summed E-state index contributed by atoms with van der Waals surface area (Å²) in [6, 6.07) is -0.995. The van der Waals surface area contributed by atoms with Gasteiger partial charge in [0.05, 0.1) is 18.8 Å². The number of hydrogen-bond acceptors (Lipinski definition) is 5. The summed E-state index contributed by atoms with van der Waals surface area (Å²) < 4.78 is 0. The molecule has 1 amide bonds. The highest BCUT2D eigenvalue weighted by atomic mass is 16.3. The minimum Gasteiger partial charge on any atom is -0.394 e. The lowest BCUT2D eigenvalue weighted by molar-refractivity contribution is -0.132. The van der Waals surface area contributed by atoms with Crippen molar-refractivity contribution in [2.24, 2.45) is 0 Å². The zero-order valence-corrected chi connectivity index (χ0v) is 39.8. The van der Waals surface area contributed by atoms with Crippen molar-refractivity contribution < 1.29 is 25.2 Å². The van der Waals surface area contributed by atoms with Gasteiger partial charge in [-0.05, 0) is 32.1 Å². The van der Waals surface area contributed by atoms with Crippen LogP contribution >= 0.6 is 0 Å². The smallest absolute Gasteiger partial charge is 0.249 e. The van der Waals surface area contributed by atoms with Gasteiger partial charge in [0.15, 0.2) is 0 Å². The van der Waals surface area contributed by atoms with Crippen molar-refractivity contribution in [3.63, 3.8) is 0 Å². The molecule has 0 aromatic carbocycles. The van der Waals surface area contributed by atoms with Crippen LogP contribution in [0.15, 0.2) is 12.2 Å². The van der Waals surface area contributed by atoms with Gasteiger partial charge >= 0.3 is 0 Å². The first-order valence-electron chi connectivity index (χ1n) is 26.6. The third kappa shape index (κ3) is 42.1. The number of aliphatic hydroxyl groups is 4. The molecule has 0 bridgehead atoms. The molecule has 0 fully saturated rings. The highest BCUT2D eigenvalue weighted by Crippen LogP contribution is 2.18. The van der Waals surface area contributed by atoms with E-state index in [1.165, 1.54) is 218 Å². The first kappa shape index (κ1) is 58.0. The molecule has 0 radical (unpaired) electrons. The highest BCUT2D eigenvalue weighted by molar-refractivity contribution is 5.80. The Bertz CT molecular complexity index is 852. The Morgan fingerprint density at radius 2 is 0.695 bits per heavy atom. The molecule has 0 rings (SSSR count). The van der Waals surface area contributed by atoms with E-state index >= 15 is 0 Å². The first-order valence-corrected chi connectivity index (χ1v) is 26.6. The van der Waals surface area contributed by atoms with E-state index in [-0.39, 0.29) is 0 Å². The lowest BCUT2D eigenvalue weighted by Gasteiger charge is -2.27. The molecule has 59 heavy (non-hydrogen) atoms. The summed E-state index contributed by atoms with van der Waals surface area (Å²) >= 11 is 0. The Morgan fingerprint density at radius 3 is 1.00 bits per heavy atom. The van der Waals surface area contributed by atoms with Crippen molar-refractivity contribution in [2.45, 2.75) is 314 Å². The molecule has 352 valence electrons. The number of hydrogen-bond donors (Lipinski definition) is 5. The molecule has 0 spiro atoms. The summed E-state index contributed by atoms with van der Waals surface area (Å²) in [4.78, 5) is 12.5. The van der Waals surface area contributed by atoms with Gasteiger partial charge in [-0.1, -0.05) is 270 Å². The number of aliphatic hydroxyl groups excluding tert-OH is 4. The molecule has 0 aliphatic rings. The van der Waals surface area contributed by atoms with E-state index in [1.54, 1.807) is 0 Å². The number of carbonyl (C=O) groups is 1. The lowest BCUT2D eigenvalue weighted by atomic mass is 10.00. The van der Waals surface area contributed by atoms with Crippen molar-refractivity contribution in [2.75, 3.05) is 6.61 Å². The molecule has 0 saturated carbocycles. The van der Waals surface area contributed by atoms with Gasteiger partial charge < -0.3 is 25.7 Å². The number of carbonyl (C=O) groups excluding carboxylic acids is 1. The van der Waals surface area contributed by atoms with E-state index in [2.05, 4.69) is 31.3 Å². The molecule has 0 aliphatic heterocycles. The summed E-state index contributed by atoms with van der Waals surface area (Å²) in [6.45, 7) is 3.97. The van der Waals surface area contributed by atoms with E-state index in [0.29, 0.717) is 12.8 Å². The van der Waals surface area contributed by atoms with Crippen LogP contribution in [0.25, 0.3) is 0 Å². The Kier molecular flexibility index (Phi) is 47.3. The van der Waals surface area contributed by atoms with Crippen LogP contribution in [0.4, 0.5) is 0 Å². The summed E-state index contributed by atoms with van der Waals surface area (Å²) in [5, 5.41) is 43.4. The maximum Gasteiger partial charge on any atom is 0.249 e. The van der Waals surface area contributed by atoms with Crippen LogP contribution in [0.5, 0.6) is 0 Å². The lowest BCUT2D eigenvalue weighted by Crippen LogP contribution is -2.53. The number of amides is 1. The third-order valence-electron chi connectivity index (χ3n) is 12.7. The van der Waals surface area contributed by atoms with Crippen LogP contribution in [0.3, 0.4) is 0 Å². The van der Waals surface area contributed by atoms with Crippen LogP contribution in [0, 0.1) is 0 Å². The van der Waals surface area contributed by atoms with Gasteiger partial charge in [-0.2, -0.15) is 0 Å². The maximum atomic E-state index is 12.5. The van der Waals surface area contributed by atoms with Gasteiger partial charge in [0.2, 0.25) is 5.91 Å². The Labute approximate surface area is 368 Å². The van der Waals surface area contributed by atoms with E-state index in [0.717, 1.165) is 44.9 Å². The van der Waals surface area contributed by atoms with Crippen LogP contribution in [-0.2, 0) is 4.79 Å². The molecule has 0 aromatic heterocycles. The molecule has 0 aromatic rings. The van der Waals surface area contributed by atoms with Crippen LogP contribution in [-0.4, -0.2) is 57.3 Å². The fourth-order valence-corrected chi connectivity index (χ4v) is 8.51. The number of unbranched alkanes of at least 4 members (excludes halogenated alkanes) is 38. The van der Waals surface area contributed by atoms with Crippen LogP contribution in [0.2, 0.25) is 0 Å². The normalized spacial score (nSPS) is 13.9. The van der Waals surface area contributed by atoms with E-state index in [9.17, 15) is 25.2 Å². The fraction of sp³-hybridized carbons (Fsp3) is 0.943. The molecular weight excluding hydrogens is 731 g/mol. The Balaban J connectivity index is 3.41. The third-order valence-corrected chi connectivity index (χ3v) is 12.7. The summed E-state index contributed by atoms with van der Waals surface area (Å²) in [7, 11) is 0. The van der Waals surface area contributed by atoms with Crippen molar-refractivity contribution in [1.82, 2.24) is 5.32 Å². The van der Waals surface area contributed by atoms with Gasteiger partial charge in [-0.3, -0.25) is 4.79 Å². The highest BCUT2D eigenvalue weighted by Gasteiger charge is 2.28. The van der Waals surface area contributed by atoms with Gasteiger partial charge in [0, 0.05) is 0 Å². The molecular formula is C53H105NO5. The standard InChI is InChI=1S/C53H105NO5/c1-3-5-7-9-11-12-13-14-15-16-17-18-19-20-21-22-23-24-25-26-27-28-29-30-31-32-33-34-35-36-37-38-39-41-43-45-47-51(57)53(59)54-49(48-55)52(58)50(56)46-44-42-40-10-8-6-4-2/h10,40,49-52,55-58H,3-9,11-39,41-48H2,1-2H3,(H,54,59)/b40-10+. The van der Waals surface area contributed by atoms with Crippen molar-refractivity contribution in [3.8, 4) is 0 Å².